The predicted octanol–water partition coefficient (Wildman–Crippen LogP) is 3.65. The second-order valence-electron chi connectivity index (χ2n) is 6.95. The normalized spacial score (nSPS) is 19.6. The second-order valence-corrected chi connectivity index (χ2v) is 6.95. The number of aromatic nitrogens is 1. The minimum Gasteiger partial charge on any atom is -0.319 e. The highest BCUT2D eigenvalue weighted by molar-refractivity contribution is 6.07. The number of carbonyl (C=O) groups excluding carboxylic acids is 2. The van der Waals surface area contributed by atoms with Crippen LogP contribution in [-0.2, 0) is 16.9 Å². The lowest BCUT2D eigenvalue weighted by molar-refractivity contribution is -0.131. The molecule has 1 unspecified atom stereocenters. The van der Waals surface area contributed by atoms with Gasteiger partial charge in [0.25, 0.3) is 5.91 Å². The molecule has 3 aromatic rings. The highest BCUT2D eigenvalue weighted by atomic mass is 19.1. The smallest absolute Gasteiger partial charge is 0.319 e. The number of carbonyl (C=O) groups is 2. The number of fused-ring (bicyclic) bond motifs is 1. The van der Waals surface area contributed by atoms with Crippen molar-refractivity contribution < 1.29 is 14.0 Å². The van der Waals surface area contributed by atoms with Gasteiger partial charge in [-0.25, -0.2) is 9.18 Å². The van der Waals surface area contributed by atoms with Crippen LogP contribution >= 0.6 is 0 Å². The van der Waals surface area contributed by atoms with Gasteiger partial charge in [-0.1, -0.05) is 35.9 Å². The Balaban J connectivity index is 1.71. The molecule has 6 heteroatoms. The van der Waals surface area contributed by atoms with Crippen molar-refractivity contribution in [3.8, 4) is 0 Å². The summed E-state index contributed by atoms with van der Waals surface area (Å²) >= 11 is 0. The maximum atomic E-state index is 14.0. The molecule has 0 spiro atoms. The van der Waals surface area contributed by atoms with Crippen LogP contribution in [0.4, 0.5) is 9.18 Å². The van der Waals surface area contributed by atoms with E-state index in [1.807, 2.05) is 31.2 Å². The summed E-state index contributed by atoms with van der Waals surface area (Å²) in [6.45, 7) is 3.59. The Labute approximate surface area is 155 Å². The summed E-state index contributed by atoms with van der Waals surface area (Å²) in [5.74, 6) is -0.802. The van der Waals surface area contributed by atoms with Crippen LogP contribution in [-0.4, -0.2) is 21.8 Å². The van der Waals surface area contributed by atoms with Gasteiger partial charge in [-0.2, -0.15) is 0 Å². The van der Waals surface area contributed by atoms with Crippen LogP contribution < -0.4 is 5.32 Å². The number of nitrogens with one attached hydrogen (secondary N) is 1. The predicted molar refractivity (Wildman–Crippen MR) is 99.3 cm³/mol. The largest absolute Gasteiger partial charge is 0.325 e. The zero-order chi connectivity index (χ0) is 19.2. The number of hydrogen-bond donors (Lipinski definition) is 1. The molecule has 1 aliphatic rings. The van der Waals surface area contributed by atoms with Crippen molar-refractivity contribution >= 4 is 22.8 Å². The molecule has 1 saturated heterocycles. The fourth-order valence-corrected chi connectivity index (χ4v) is 3.44. The number of rotatable bonds is 3. The van der Waals surface area contributed by atoms with E-state index in [2.05, 4.69) is 10.3 Å². The highest BCUT2D eigenvalue weighted by Crippen LogP contribution is 2.31. The molecule has 0 aliphatic carbocycles. The van der Waals surface area contributed by atoms with Gasteiger partial charge >= 0.3 is 6.03 Å². The number of halogens is 1. The third-order valence-corrected chi connectivity index (χ3v) is 4.98. The lowest BCUT2D eigenvalue weighted by atomic mass is 9.91. The van der Waals surface area contributed by atoms with Gasteiger partial charge in [0.15, 0.2) is 0 Å². The molecule has 0 radical (unpaired) electrons. The van der Waals surface area contributed by atoms with Crippen LogP contribution in [0.25, 0.3) is 10.9 Å². The van der Waals surface area contributed by atoms with Gasteiger partial charge in [0, 0.05) is 17.1 Å². The lowest BCUT2D eigenvalue weighted by Gasteiger charge is -2.22. The Morgan fingerprint density at radius 3 is 2.63 bits per heavy atom. The Morgan fingerprint density at radius 2 is 1.89 bits per heavy atom. The van der Waals surface area contributed by atoms with Gasteiger partial charge in [-0.05, 0) is 37.6 Å². The first-order valence-corrected chi connectivity index (χ1v) is 8.63. The number of aryl methyl sites for hydroxylation is 1. The van der Waals surface area contributed by atoms with Gasteiger partial charge in [0.05, 0.1) is 12.1 Å². The molecule has 3 amide bonds. The average molecular weight is 363 g/mol. The first-order chi connectivity index (χ1) is 12.9. The van der Waals surface area contributed by atoms with E-state index in [0.29, 0.717) is 22.0 Å². The Bertz CT molecular complexity index is 1060. The van der Waals surface area contributed by atoms with E-state index in [0.717, 1.165) is 10.5 Å². The molecule has 1 aliphatic heterocycles. The second kappa shape index (κ2) is 6.16. The Morgan fingerprint density at radius 1 is 1.15 bits per heavy atom. The van der Waals surface area contributed by atoms with Gasteiger partial charge in [-0.15, -0.1) is 0 Å². The van der Waals surface area contributed by atoms with Crippen molar-refractivity contribution in [3.05, 3.63) is 77.2 Å². The molecule has 136 valence electrons. The first kappa shape index (κ1) is 17.1. The number of amides is 3. The van der Waals surface area contributed by atoms with E-state index in [4.69, 9.17) is 0 Å². The summed E-state index contributed by atoms with van der Waals surface area (Å²) in [5.41, 5.74) is 1.68. The molecule has 27 heavy (non-hydrogen) atoms. The maximum Gasteiger partial charge on any atom is 0.325 e. The van der Waals surface area contributed by atoms with Crippen molar-refractivity contribution in [2.75, 3.05) is 0 Å². The van der Waals surface area contributed by atoms with Gasteiger partial charge in [0.2, 0.25) is 0 Å². The first-order valence-electron chi connectivity index (χ1n) is 8.63. The molecular weight excluding hydrogens is 345 g/mol. The molecule has 0 saturated carbocycles. The van der Waals surface area contributed by atoms with E-state index in [9.17, 15) is 14.0 Å². The minimum absolute atomic E-state index is 0.0443. The fourth-order valence-electron chi connectivity index (χ4n) is 3.44. The molecule has 0 bridgehead atoms. The molecule has 1 atom stereocenters. The fraction of sp³-hybridized carbons (Fsp3) is 0.190. The monoisotopic (exact) mass is 363 g/mol. The summed E-state index contributed by atoms with van der Waals surface area (Å²) in [7, 11) is 0. The molecular formula is C21H18FN3O2. The van der Waals surface area contributed by atoms with Crippen LogP contribution in [0.1, 0.15) is 23.6 Å². The van der Waals surface area contributed by atoms with Crippen molar-refractivity contribution in [2.24, 2.45) is 0 Å². The van der Waals surface area contributed by atoms with E-state index >= 15 is 0 Å². The highest BCUT2D eigenvalue weighted by Gasteiger charge is 2.48. The van der Waals surface area contributed by atoms with E-state index < -0.39 is 17.4 Å². The molecule has 1 aromatic heterocycles. The van der Waals surface area contributed by atoms with Crippen LogP contribution in [0.15, 0.2) is 54.7 Å². The summed E-state index contributed by atoms with van der Waals surface area (Å²) < 4.78 is 14.0. The van der Waals surface area contributed by atoms with Crippen LogP contribution in [0, 0.1) is 12.7 Å². The van der Waals surface area contributed by atoms with Crippen molar-refractivity contribution in [2.45, 2.75) is 25.9 Å². The molecule has 2 aromatic carbocycles. The zero-order valence-corrected chi connectivity index (χ0v) is 15.0. The summed E-state index contributed by atoms with van der Waals surface area (Å²) in [5, 5.41) is 3.40. The van der Waals surface area contributed by atoms with Gasteiger partial charge < -0.3 is 5.32 Å². The average Bonchev–Trinajstić information content (AvgIpc) is 2.86. The number of urea groups is 1. The third-order valence-electron chi connectivity index (χ3n) is 4.98. The number of pyridine rings is 1. The van der Waals surface area contributed by atoms with Crippen molar-refractivity contribution in [3.63, 3.8) is 0 Å². The van der Waals surface area contributed by atoms with Crippen molar-refractivity contribution in [1.29, 1.82) is 0 Å². The number of nitrogens with zero attached hydrogens (tertiary/aromatic N) is 2. The van der Waals surface area contributed by atoms with E-state index in [1.165, 1.54) is 12.1 Å². The molecule has 1 fully saturated rings. The van der Waals surface area contributed by atoms with Gasteiger partial charge in [0.1, 0.15) is 11.4 Å². The maximum absolute atomic E-state index is 14.0. The summed E-state index contributed by atoms with van der Waals surface area (Å²) in [6, 6.07) is 13.1. The molecule has 4 rings (SSSR count). The molecule has 2 heterocycles. The Hall–Kier alpha value is -3.28. The lowest BCUT2D eigenvalue weighted by Crippen LogP contribution is -2.40. The molecule has 1 N–H and O–H groups in total. The standard InChI is InChI=1S/C21H18FN3O2/c1-13-5-7-16(8-6-13)21(2)19(26)25(20(27)24-21)12-15-11-17(22)10-14-4-3-9-23-18(14)15/h3-11H,12H2,1-2H3,(H,24,27). The third kappa shape index (κ3) is 2.83. The quantitative estimate of drug-likeness (QED) is 0.723. The topological polar surface area (TPSA) is 62.3 Å². The van der Waals surface area contributed by atoms with Crippen molar-refractivity contribution in [1.82, 2.24) is 15.2 Å². The summed E-state index contributed by atoms with van der Waals surface area (Å²) in [6.07, 6.45) is 1.60. The van der Waals surface area contributed by atoms with Gasteiger partial charge in [-0.3, -0.25) is 14.7 Å². The van der Waals surface area contributed by atoms with Crippen LogP contribution in [0.2, 0.25) is 0 Å². The van der Waals surface area contributed by atoms with E-state index in [-0.39, 0.29) is 12.5 Å². The zero-order valence-electron chi connectivity index (χ0n) is 15.0. The summed E-state index contributed by atoms with van der Waals surface area (Å²) in [4.78, 5) is 31.0. The minimum atomic E-state index is -1.15. The number of benzene rings is 2. The van der Waals surface area contributed by atoms with E-state index in [1.54, 1.807) is 25.3 Å². The van der Waals surface area contributed by atoms with Crippen LogP contribution in [0.5, 0.6) is 0 Å². The Kier molecular flexibility index (Phi) is 3.91. The molecule has 5 nitrogen and oxygen atoms in total. The SMILES string of the molecule is Cc1ccc(C2(C)NC(=O)N(Cc3cc(F)cc4cccnc34)C2=O)cc1. The number of hydrogen-bond acceptors (Lipinski definition) is 3. The van der Waals surface area contributed by atoms with Crippen LogP contribution in [0.3, 0.4) is 0 Å². The number of imide groups is 1.